The van der Waals surface area contributed by atoms with Crippen molar-refractivity contribution in [1.29, 1.82) is 0 Å². The van der Waals surface area contributed by atoms with Crippen LogP contribution in [0.5, 0.6) is 5.75 Å². The van der Waals surface area contributed by atoms with Crippen molar-refractivity contribution >= 4 is 17.3 Å². The monoisotopic (exact) mass is 283 g/mol. The van der Waals surface area contributed by atoms with E-state index in [2.05, 4.69) is 0 Å². The van der Waals surface area contributed by atoms with Crippen molar-refractivity contribution in [1.82, 2.24) is 0 Å². The third-order valence-electron chi connectivity index (χ3n) is 2.71. The highest BCUT2D eigenvalue weighted by atomic mass is 35.5. The first-order chi connectivity index (χ1) is 8.97. The number of anilines is 1. The Balaban J connectivity index is 2.19. The van der Waals surface area contributed by atoms with Gasteiger partial charge in [0.2, 0.25) is 0 Å². The van der Waals surface area contributed by atoms with Gasteiger partial charge in [-0.15, -0.1) is 0 Å². The summed E-state index contributed by atoms with van der Waals surface area (Å²) in [5, 5.41) is 0.397. The average molecular weight is 284 g/mol. The predicted molar refractivity (Wildman–Crippen MR) is 71.3 cm³/mol. The fraction of sp³-hybridized carbons (Fsp3) is 0.143. The number of aryl methyl sites for hydroxylation is 1. The van der Waals surface area contributed by atoms with E-state index in [0.717, 1.165) is 0 Å². The molecule has 0 atom stereocenters. The van der Waals surface area contributed by atoms with E-state index in [-0.39, 0.29) is 17.9 Å². The molecule has 2 rings (SSSR count). The molecule has 0 spiro atoms. The Morgan fingerprint density at radius 3 is 2.63 bits per heavy atom. The summed E-state index contributed by atoms with van der Waals surface area (Å²) in [5.41, 5.74) is 6.88. The fourth-order valence-electron chi connectivity index (χ4n) is 1.59. The van der Waals surface area contributed by atoms with Crippen LogP contribution in [0.1, 0.15) is 11.1 Å². The highest BCUT2D eigenvalue weighted by Gasteiger charge is 2.09. The molecular formula is C14H12ClF2NO. The number of rotatable bonds is 3. The zero-order valence-corrected chi connectivity index (χ0v) is 11.0. The predicted octanol–water partition coefficient (Wildman–Crippen LogP) is 4.09. The van der Waals surface area contributed by atoms with Crippen LogP contribution >= 0.6 is 11.6 Å². The van der Waals surface area contributed by atoms with Gasteiger partial charge in [0, 0.05) is 22.3 Å². The Morgan fingerprint density at radius 2 is 1.89 bits per heavy atom. The fourth-order valence-corrected chi connectivity index (χ4v) is 1.79. The normalized spacial score (nSPS) is 10.5. The summed E-state index contributed by atoms with van der Waals surface area (Å²) < 4.78 is 32.3. The molecule has 2 aromatic rings. The van der Waals surface area contributed by atoms with E-state index in [0.29, 0.717) is 16.3 Å². The van der Waals surface area contributed by atoms with E-state index in [1.165, 1.54) is 30.3 Å². The lowest BCUT2D eigenvalue weighted by molar-refractivity contribution is 0.284. The van der Waals surface area contributed by atoms with E-state index in [1.807, 2.05) is 0 Å². The average Bonchev–Trinajstić information content (AvgIpc) is 2.36. The summed E-state index contributed by atoms with van der Waals surface area (Å²) >= 11 is 5.76. The topological polar surface area (TPSA) is 35.2 Å². The van der Waals surface area contributed by atoms with Crippen LogP contribution in [0.2, 0.25) is 5.02 Å². The maximum atomic E-state index is 13.6. The lowest BCUT2D eigenvalue weighted by Crippen LogP contribution is -2.01. The van der Waals surface area contributed by atoms with Crippen LogP contribution < -0.4 is 10.5 Å². The van der Waals surface area contributed by atoms with Gasteiger partial charge in [-0.05, 0) is 36.8 Å². The van der Waals surface area contributed by atoms with Gasteiger partial charge < -0.3 is 10.5 Å². The minimum absolute atomic E-state index is 0.0334. The van der Waals surface area contributed by atoms with Gasteiger partial charge in [0.25, 0.3) is 0 Å². The molecular weight excluding hydrogens is 272 g/mol. The number of halogens is 3. The van der Waals surface area contributed by atoms with Crippen molar-refractivity contribution in [2.24, 2.45) is 0 Å². The maximum Gasteiger partial charge on any atom is 0.167 e. The second kappa shape index (κ2) is 5.45. The van der Waals surface area contributed by atoms with Crippen molar-refractivity contribution in [3.63, 3.8) is 0 Å². The van der Waals surface area contributed by atoms with E-state index in [1.54, 1.807) is 6.92 Å². The molecule has 0 unspecified atom stereocenters. The lowest BCUT2D eigenvalue weighted by atomic mass is 10.2. The molecule has 2 aromatic carbocycles. The van der Waals surface area contributed by atoms with Gasteiger partial charge in [0.1, 0.15) is 12.4 Å². The number of hydrogen-bond acceptors (Lipinski definition) is 2. The molecule has 0 heterocycles. The van der Waals surface area contributed by atoms with Gasteiger partial charge in [-0.1, -0.05) is 11.6 Å². The second-order valence-electron chi connectivity index (χ2n) is 4.16. The van der Waals surface area contributed by atoms with E-state index < -0.39 is 11.6 Å². The molecule has 0 fully saturated rings. The minimum Gasteiger partial charge on any atom is -0.486 e. The van der Waals surface area contributed by atoms with Crippen molar-refractivity contribution in [2.45, 2.75) is 13.5 Å². The number of ether oxygens (including phenoxy) is 1. The summed E-state index contributed by atoms with van der Waals surface area (Å²) in [6, 6.07) is 6.78. The van der Waals surface area contributed by atoms with Gasteiger partial charge in [-0.3, -0.25) is 0 Å². The molecule has 2 N–H and O–H groups in total. The van der Waals surface area contributed by atoms with Gasteiger partial charge >= 0.3 is 0 Å². The standard InChI is InChI=1S/C14H12ClF2NO/c1-8-4-14(12(17)6-13(8)18)19-7-9-5-10(15)2-3-11(9)16/h2-6H,7,18H2,1H3. The zero-order chi connectivity index (χ0) is 14.0. The second-order valence-corrected chi connectivity index (χ2v) is 4.60. The summed E-state index contributed by atoms with van der Waals surface area (Å²) in [5.74, 6) is -0.992. The molecule has 0 aromatic heterocycles. The smallest absolute Gasteiger partial charge is 0.167 e. The summed E-state index contributed by atoms with van der Waals surface area (Å²) in [6.07, 6.45) is 0. The van der Waals surface area contributed by atoms with Gasteiger partial charge in [-0.25, -0.2) is 8.78 Å². The molecule has 0 bridgehead atoms. The summed E-state index contributed by atoms with van der Waals surface area (Å²) in [7, 11) is 0. The van der Waals surface area contributed by atoms with E-state index >= 15 is 0 Å². The van der Waals surface area contributed by atoms with Crippen molar-refractivity contribution in [2.75, 3.05) is 5.73 Å². The third kappa shape index (κ3) is 3.15. The van der Waals surface area contributed by atoms with Crippen LogP contribution in [-0.2, 0) is 6.61 Å². The quantitative estimate of drug-likeness (QED) is 0.861. The van der Waals surface area contributed by atoms with Gasteiger partial charge in [-0.2, -0.15) is 0 Å². The first-order valence-corrected chi connectivity index (χ1v) is 5.97. The van der Waals surface area contributed by atoms with Crippen LogP contribution in [-0.4, -0.2) is 0 Å². The number of nitrogens with two attached hydrogens (primary N) is 1. The molecule has 2 nitrogen and oxygen atoms in total. The largest absolute Gasteiger partial charge is 0.486 e. The maximum absolute atomic E-state index is 13.6. The summed E-state index contributed by atoms with van der Waals surface area (Å²) in [6.45, 7) is 1.63. The van der Waals surface area contributed by atoms with Gasteiger partial charge in [0.05, 0.1) is 0 Å². The zero-order valence-electron chi connectivity index (χ0n) is 10.2. The van der Waals surface area contributed by atoms with Crippen LogP contribution in [0.15, 0.2) is 30.3 Å². The van der Waals surface area contributed by atoms with E-state index in [4.69, 9.17) is 22.1 Å². The number of nitrogen functional groups attached to an aromatic ring is 1. The van der Waals surface area contributed by atoms with Crippen molar-refractivity contribution in [3.05, 3.63) is 58.1 Å². The van der Waals surface area contributed by atoms with Crippen LogP contribution in [0.3, 0.4) is 0 Å². The minimum atomic E-state index is -0.578. The summed E-state index contributed by atoms with van der Waals surface area (Å²) in [4.78, 5) is 0. The molecule has 19 heavy (non-hydrogen) atoms. The van der Waals surface area contributed by atoms with Crippen LogP contribution in [0.4, 0.5) is 14.5 Å². The Morgan fingerprint density at radius 1 is 1.16 bits per heavy atom. The van der Waals surface area contributed by atoms with Crippen molar-refractivity contribution in [3.8, 4) is 5.75 Å². The molecule has 0 saturated heterocycles. The van der Waals surface area contributed by atoms with Crippen LogP contribution in [0.25, 0.3) is 0 Å². The van der Waals surface area contributed by atoms with Gasteiger partial charge in [0.15, 0.2) is 11.6 Å². The Bertz CT molecular complexity index is 617. The first kappa shape index (κ1) is 13.6. The molecule has 0 amide bonds. The third-order valence-corrected chi connectivity index (χ3v) is 2.95. The lowest BCUT2D eigenvalue weighted by Gasteiger charge is -2.10. The van der Waals surface area contributed by atoms with E-state index in [9.17, 15) is 8.78 Å². The molecule has 100 valence electrons. The Labute approximate surface area is 114 Å². The molecule has 0 saturated carbocycles. The Kier molecular flexibility index (Phi) is 3.90. The highest BCUT2D eigenvalue weighted by Crippen LogP contribution is 2.25. The molecule has 5 heteroatoms. The molecule has 0 aliphatic carbocycles. The molecule has 0 radical (unpaired) electrons. The SMILES string of the molecule is Cc1cc(OCc2cc(Cl)ccc2F)c(F)cc1N. The molecule has 0 aliphatic rings. The molecule has 0 aliphatic heterocycles. The first-order valence-electron chi connectivity index (χ1n) is 5.59. The van der Waals surface area contributed by atoms with Crippen LogP contribution in [0, 0.1) is 18.6 Å². The van der Waals surface area contributed by atoms with Crippen molar-refractivity contribution < 1.29 is 13.5 Å². The number of benzene rings is 2. The number of hydrogen-bond donors (Lipinski definition) is 1. The highest BCUT2D eigenvalue weighted by molar-refractivity contribution is 6.30. The Hall–Kier alpha value is -1.81.